The fourth-order valence-electron chi connectivity index (χ4n) is 4.34. The molecule has 1 amide bonds. The first kappa shape index (κ1) is 17.3. The van der Waals surface area contributed by atoms with Crippen molar-refractivity contribution in [1.82, 2.24) is 0 Å². The molecule has 6 heteroatoms. The van der Waals surface area contributed by atoms with Gasteiger partial charge in [0.25, 0.3) is 10.0 Å². The molecule has 0 saturated carbocycles. The number of hydrogen-bond acceptors (Lipinski definition) is 3. The maximum absolute atomic E-state index is 13.2. The standard InChI is InChI=1S/C22H20N2O3S/c1-15-12-13-23(18-9-3-2-8-17(15)18)21(25)14-24-19-10-4-6-16-7-5-11-20(22(16)19)28(24,26)27/h2-11,15H,12-14H2,1H3. The van der Waals surface area contributed by atoms with Crippen LogP contribution in [0.15, 0.2) is 65.6 Å². The summed E-state index contributed by atoms with van der Waals surface area (Å²) in [7, 11) is -3.73. The molecule has 142 valence electrons. The van der Waals surface area contributed by atoms with Crippen LogP contribution in [0.2, 0.25) is 0 Å². The number of anilines is 2. The van der Waals surface area contributed by atoms with Crippen molar-refractivity contribution in [2.45, 2.75) is 24.2 Å². The molecule has 0 N–H and O–H groups in total. The van der Waals surface area contributed by atoms with Gasteiger partial charge in [0.05, 0.1) is 10.6 Å². The van der Waals surface area contributed by atoms with Crippen LogP contribution in [0.3, 0.4) is 0 Å². The number of carbonyl (C=O) groups excluding carboxylic acids is 1. The normalized spacial score (nSPS) is 19.7. The van der Waals surface area contributed by atoms with Crippen molar-refractivity contribution in [2.24, 2.45) is 0 Å². The topological polar surface area (TPSA) is 57.7 Å². The Labute approximate surface area is 164 Å². The summed E-state index contributed by atoms with van der Waals surface area (Å²) in [6, 6.07) is 18.6. The number of benzene rings is 3. The third kappa shape index (κ3) is 2.37. The zero-order chi connectivity index (χ0) is 19.5. The highest BCUT2D eigenvalue weighted by atomic mass is 32.2. The number of hydrogen-bond donors (Lipinski definition) is 0. The molecule has 1 atom stereocenters. The van der Waals surface area contributed by atoms with Crippen molar-refractivity contribution in [3.63, 3.8) is 0 Å². The van der Waals surface area contributed by atoms with Gasteiger partial charge in [-0.15, -0.1) is 0 Å². The molecule has 5 rings (SSSR count). The van der Waals surface area contributed by atoms with Gasteiger partial charge in [0.1, 0.15) is 6.54 Å². The van der Waals surface area contributed by atoms with Crippen molar-refractivity contribution < 1.29 is 13.2 Å². The number of rotatable bonds is 2. The zero-order valence-electron chi connectivity index (χ0n) is 15.5. The number of nitrogens with zero attached hydrogens (tertiary/aromatic N) is 2. The van der Waals surface area contributed by atoms with E-state index in [2.05, 4.69) is 6.92 Å². The molecular weight excluding hydrogens is 372 g/mol. The zero-order valence-corrected chi connectivity index (χ0v) is 16.3. The number of para-hydroxylation sites is 1. The second-order valence-electron chi connectivity index (χ2n) is 7.44. The van der Waals surface area contributed by atoms with E-state index in [1.54, 1.807) is 23.1 Å². The molecule has 0 saturated heterocycles. The third-order valence-corrected chi connectivity index (χ3v) is 7.61. The van der Waals surface area contributed by atoms with Gasteiger partial charge in [-0.05, 0) is 41.5 Å². The van der Waals surface area contributed by atoms with Crippen LogP contribution in [0.4, 0.5) is 11.4 Å². The van der Waals surface area contributed by atoms with E-state index < -0.39 is 10.0 Å². The van der Waals surface area contributed by atoms with Crippen LogP contribution >= 0.6 is 0 Å². The molecule has 2 aliphatic rings. The highest BCUT2D eigenvalue weighted by molar-refractivity contribution is 7.93. The van der Waals surface area contributed by atoms with Gasteiger partial charge in [0.15, 0.2) is 0 Å². The Morgan fingerprint density at radius 1 is 1.00 bits per heavy atom. The molecule has 0 bridgehead atoms. The number of carbonyl (C=O) groups is 1. The molecule has 0 aromatic heterocycles. The molecular formula is C22H20N2O3S. The first-order valence-corrected chi connectivity index (χ1v) is 10.9. The Morgan fingerprint density at radius 3 is 2.54 bits per heavy atom. The molecule has 0 spiro atoms. The van der Waals surface area contributed by atoms with E-state index in [4.69, 9.17) is 0 Å². The summed E-state index contributed by atoms with van der Waals surface area (Å²) >= 11 is 0. The van der Waals surface area contributed by atoms with Gasteiger partial charge >= 0.3 is 0 Å². The Hall–Kier alpha value is -2.86. The smallest absolute Gasteiger partial charge is 0.265 e. The van der Waals surface area contributed by atoms with Crippen molar-refractivity contribution in [1.29, 1.82) is 0 Å². The molecule has 3 aromatic rings. The van der Waals surface area contributed by atoms with Gasteiger partial charge in [0, 0.05) is 17.6 Å². The van der Waals surface area contributed by atoms with Crippen molar-refractivity contribution in [3.05, 3.63) is 66.2 Å². The summed E-state index contributed by atoms with van der Waals surface area (Å²) in [6.45, 7) is 2.56. The largest absolute Gasteiger partial charge is 0.311 e. The van der Waals surface area contributed by atoms with Gasteiger partial charge in [-0.3, -0.25) is 9.10 Å². The van der Waals surface area contributed by atoms with Crippen LogP contribution in [0.25, 0.3) is 10.8 Å². The van der Waals surface area contributed by atoms with E-state index in [1.807, 2.05) is 42.5 Å². The van der Waals surface area contributed by atoms with E-state index in [1.165, 1.54) is 4.31 Å². The maximum Gasteiger partial charge on any atom is 0.265 e. The van der Waals surface area contributed by atoms with E-state index in [0.717, 1.165) is 23.1 Å². The summed E-state index contributed by atoms with van der Waals surface area (Å²) in [4.78, 5) is 15.2. The monoisotopic (exact) mass is 392 g/mol. The summed E-state index contributed by atoms with van der Waals surface area (Å²) in [5.41, 5.74) is 2.61. The van der Waals surface area contributed by atoms with E-state index >= 15 is 0 Å². The molecule has 0 fully saturated rings. The number of sulfonamides is 1. The quantitative estimate of drug-likeness (QED) is 0.665. The van der Waals surface area contributed by atoms with Crippen LogP contribution < -0.4 is 9.21 Å². The fraction of sp³-hybridized carbons (Fsp3) is 0.227. The van der Waals surface area contributed by atoms with Gasteiger partial charge in [-0.1, -0.05) is 49.4 Å². The Morgan fingerprint density at radius 2 is 1.71 bits per heavy atom. The lowest BCUT2D eigenvalue weighted by atomic mass is 9.91. The number of fused-ring (bicyclic) bond motifs is 1. The molecule has 0 radical (unpaired) electrons. The highest BCUT2D eigenvalue weighted by Gasteiger charge is 2.38. The lowest BCUT2D eigenvalue weighted by molar-refractivity contribution is -0.117. The van der Waals surface area contributed by atoms with Crippen molar-refractivity contribution in [2.75, 3.05) is 22.3 Å². The van der Waals surface area contributed by atoms with Gasteiger partial charge in [-0.25, -0.2) is 8.42 Å². The van der Waals surface area contributed by atoms with Gasteiger partial charge in [0.2, 0.25) is 5.91 Å². The molecule has 0 aliphatic carbocycles. The average Bonchev–Trinajstić information content (AvgIpc) is 2.92. The lowest BCUT2D eigenvalue weighted by Crippen LogP contribution is -2.44. The third-order valence-electron chi connectivity index (χ3n) is 5.81. The first-order chi connectivity index (χ1) is 13.5. The molecule has 1 unspecified atom stereocenters. The van der Waals surface area contributed by atoms with E-state index in [-0.39, 0.29) is 17.3 Å². The van der Waals surface area contributed by atoms with Gasteiger partial charge < -0.3 is 4.90 Å². The van der Waals surface area contributed by atoms with Crippen LogP contribution in [0, 0.1) is 0 Å². The predicted octanol–water partition coefficient (Wildman–Crippen LogP) is 3.89. The van der Waals surface area contributed by atoms with E-state index in [0.29, 0.717) is 23.5 Å². The Bertz CT molecular complexity index is 1210. The van der Waals surface area contributed by atoms with Crippen molar-refractivity contribution >= 4 is 38.1 Å². The minimum atomic E-state index is -3.73. The molecule has 3 aromatic carbocycles. The second-order valence-corrected chi connectivity index (χ2v) is 9.27. The summed E-state index contributed by atoms with van der Waals surface area (Å²) in [6.07, 6.45) is 0.866. The first-order valence-electron chi connectivity index (χ1n) is 9.42. The summed E-state index contributed by atoms with van der Waals surface area (Å²) in [5.74, 6) is 0.182. The minimum Gasteiger partial charge on any atom is -0.311 e. The van der Waals surface area contributed by atoms with Gasteiger partial charge in [-0.2, -0.15) is 0 Å². The van der Waals surface area contributed by atoms with Crippen LogP contribution in [-0.2, 0) is 14.8 Å². The summed E-state index contributed by atoms with van der Waals surface area (Å²) in [5, 5.41) is 1.57. The van der Waals surface area contributed by atoms with Crippen LogP contribution in [-0.4, -0.2) is 27.4 Å². The van der Waals surface area contributed by atoms with Crippen LogP contribution in [0.1, 0.15) is 24.8 Å². The minimum absolute atomic E-state index is 0.196. The maximum atomic E-state index is 13.2. The highest BCUT2D eigenvalue weighted by Crippen LogP contribution is 2.42. The predicted molar refractivity (Wildman–Crippen MR) is 110 cm³/mol. The Kier molecular flexibility index (Phi) is 3.74. The fourth-order valence-corrected chi connectivity index (χ4v) is 6.00. The SMILES string of the molecule is CC1CCN(C(=O)CN2c3cccc4cccc(c34)S2(=O)=O)c2ccccc21. The Balaban J connectivity index is 1.54. The molecule has 28 heavy (non-hydrogen) atoms. The molecule has 2 aliphatic heterocycles. The number of amides is 1. The molecule has 5 nitrogen and oxygen atoms in total. The van der Waals surface area contributed by atoms with E-state index in [9.17, 15) is 13.2 Å². The second kappa shape index (κ2) is 6.07. The lowest BCUT2D eigenvalue weighted by Gasteiger charge is -2.34. The van der Waals surface area contributed by atoms with Crippen LogP contribution in [0.5, 0.6) is 0 Å². The average molecular weight is 392 g/mol. The molecule has 2 heterocycles. The summed E-state index contributed by atoms with van der Waals surface area (Å²) < 4.78 is 27.5. The van der Waals surface area contributed by atoms with Crippen molar-refractivity contribution in [3.8, 4) is 0 Å².